The Morgan fingerprint density at radius 3 is 2.92 bits per heavy atom. The summed E-state index contributed by atoms with van der Waals surface area (Å²) < 4.78 is 1.70. The fraction of sp³-hybridized carbons (Fsp3) is 0.118. The molecular weight excluding hydrogens is 352 g/mol. The molecule has 0 unspecified atom stereocenters. The second-order valence-corrected chi connectivity index (χ2v) is 6.37. The number of rotatable bonds is 5. The maximum absolute atomic E-state index is 11.1. The summed E-state index contributed by atoms with van der Waals surface area (Å²) in [6, 6.07) is 6.70. The van der Waals surface area contributed by atoms with E-state index in [0.717, 1.165) is 21.5 Å². The highest BCUT2D eigenvalue weighted by molar-refractivity contribution is 7.20. The molecule has 0 spiro atoms. The zero-order chi connectivity index (χ0) is 18.1. The van der Waals surface area contributed by atoms with E-state index >= 15 is 0 Å². The Kier molecular flexibility index (Phi) is 4.05. The van der Waals surface area contributed by atoms with Gasteiger partial charge in [0.25, 0.3) is 0 Å². The van der Waals surface area contributed by atoms with Gasteiger partial charge in [-0.2, -0.15) is 0 Å². The Morgan fingerprint density at radius 1 is 1.35 bits per heavy atom. The predicted octanol–water partition coefficient (Wildman–Crippen LogP) is 3.10. The quantitative estimate of drug-likeness (QED) is 0.580. The predicted molar refractivity (Wildman–Crippen MR) is 98.0 cm³/mol. The number of hydrogen-bond donors (Lipinski definition) is 1. The Labute approximate surface area is 152 Å². The van der Waals surface area contributed by atoms with Crippen LogP contribution in [0.5, 0.6) is 0 Å². The molecule has 0 radical (unpaired) electrons. The van der Waals surface area contributed by atoms with Gasteiger partial charge in [-0.05, 0) is 19.1 Å². The van der Waals surface area contributed by atoms with Gasteiger partial charge in [-0.3, -0.25) is 9.88 Å². The van der Waals surface area contributed by atoms with Crippen LogP contribution in [0.1, 0.15) is 17.3 Å². The van der Waals surface area contributed by atoms with Gasteiger partial charge >= 0.3 is 5.97 Å². The number of aromatic carboxylic acids is 1. The largest absolute Gasteiger partial charge is 0.478 e. The molecule has 0 saturated heterocycles. The van der Waals surface area contributed by atoms with Crippen molar-refractivity contribution >= 4 is 33.2 Å². The zero-order valence-corrected chi connectivity index (χ0v) is 14.6. The van der Waals surface area contributed by atoms with Crippen LogP contribution < -0.4 is 4.90 Å². The van der Waals surface area contributed by atoms with Crippen molar-refractivity contribution in [3.8, 4) is 11.3 Å². The normalized spacial score (nSPS) is 11.0. The second-order valence-electron chi connectivity index (χ2n) is 5.43. The van der Waals surface area contributed by atoms with Crippen LogP contribution in [0.2, 0.25) is 0 Å². The van der Waals surface area contributed by atoms with Crippen molar-refractivity contribution in [2.75, 3.05) is 11.4 Å². The molecule has 0 bridgehead atoms. The molecular formula is C17H14N6O2S. The number of nitrogens with zero attached hydrogens (tertiary/aromatic N) is 6. The number of anilines is 2. The van der Waals surface area contributed by atoms with E-state index in [1.54, 1.807) is 47.5 Å². The molecule has 1 aromatic carbocycles. The van der Waals surface area contributed by atoms with Crippen LogP contribution >= 0.6 is 11.3 Å². The third kappa shape index (κ3) is 2.88. The molecule has 3 aromatic heterocycles. The van der Waals surface area contributed by atoms with E-state index < -0.39 is 5.97 Å². The van der Waals surface area contributed by atoms with Gasteiger partial charge in [0.1, 0.15) is 0 Å². The molecule has 3 heterocycles. The monoisotopic (exact) mass is 366 g/mol. The van der Waals surface area contributed by atoms with Crippen molar-refractivity contribution in [1.82, 2.24) is 24.6 Å². The molecule has 8 nitrogen and oxygen atoms in total. The molecule has 130 valence electrons. The van der Waals surface area contributed by atoms with E-state index in [4.69, 9.17) is 5.11 Å². The number of carbonyl (C=O) groups is 1. The molecule has 4 aromatic rings. The first-order valence-corrected chi connectivity index (χ1v) is 8.71. The third-order valence-corrected chi connectivity index (χ3v) is 4.76. The summed E-state index contributed by atoms with van der Waals surface area (Å²) in [5, 5.41) is 14.5. The summed E-state index contributed by atoms with van der Waals surface area (Å²) in [7, 11) is 0. The average Bonchev–Trinajstić information content (AvgIpc) is 3.22. The second kappa shape index (κ2) is 6.52. The lowest BCUT2D eigenvalue weighted by Crippen LogP contribution is -2.17. The highest BCUT2D eigenvalue weighted by atomic mass is 32.1. The van der Waals surface area contributed by atoms with Gasteiger partial charge in [0, 0.05) is 24.5 Å². The number of carboxylic acid groups (broad SMARTS) is 1. The third-order valence-electron chi connectivity index (χ3n) is 3.81. The van der Waals surface area contributed by atoms with Crippen molar-refractivity contribution in [1.29, 1.82) is 0 Å². The van der Waals surface area contributed by atoms with Crippen molar-refractivity contribution in [3.05, 3.63) is 54.6 Å². The van der Waals surface area contributed by atoms with Crippen LogP contribution in [0, 0.1) is 0 Å². The van der Waals surface area contributed by atoms with Crippen LogP contribution in [0.25, 0.3) is 16.2 Å². The smallest absolute Gasteiger partial charge is 0.335 e. The fourth-order valence-electron chi connectivity index (χ4n) is 2.58. The molecule has 0 aliphatic carbocycles. The topological polar surface area (TPSA) is 96.5 Å². The highest BCUT2D eigenvalue weighted by Crippen LogP contribution is 2.30. The van der Waals surface area contributed by atoms with Gasteiger partial charge in [0.2, 0.25) is 10.1 Å². The number of imidazole rings is 1. The van der Waals surface area contributed by atoms with Crippen LogP contribution in [0.3, 0.4) is 0 Å². The zero-order valence-electron chi connectivity index (χ0n) is 13.8. The van der Waals surface area contributed by atoms with Gasteiger partial charge < -0.3 is 5.11 Å². The minimum Gasteiger partial charge on any atom is -0.478 e. The molecule has 0 amide bonds. The van der Waals surface area contributed by atoms with Crippen molar-refractivity contribution < 1.29 is 9.90 Å². The number of hydrogen-bond acceptors (Lipinski definition) is 7. The van der Waals surface area contributed by atoms with Gasteiger partial charge in [-0.1, -0.05) is 23.5 Å². The van der Waals surface area contributed by atoms with Crippen LogP contribution in [0.4, 0.5) is 10.9 Å². The number of benzene rings is 1. The van der Waals surface area contributed by atoms with E-state index in [9.17, 15) is 4.79 Å². The molecule has 0 saturated carbocycles. The van der Waals surface area contributed by atoms with E-state index in [-0.39, 0.29) is 5.56 Å². The number of fused-ring (bicyclic) bond motifs is 1. The van der Waals surface area contributed by atoms with E-state index in [1.165, 1.54) is 11.3 Å². The maximum Gasteiger partial charge on any atom is 0.335 e. The van der Waals surface area contributed by atoms with E-state index in [2.05, 4.69) is 20.1 Å². The van der Waals surface area contributed by atoms with E-state index in [1.807, 2.05) is 17.9 Å². The SMILES string of the molecule is CCN(c1cnccn1)c1nn2cc(-c3cccc(C(=O)O)c3)nc2s1. The van der Waals surface area contributed by atoms with Crippen molar-refractivity contribution in [2.24, 2.45) is 0 Å². The summed E-state index contributed by atoms with van der Waals surface area (Å²) >= 11 is 1.43. The molecule has 0 aliphatic heterocycles. The molecule has 9 heteroatoms. The standard InChI is InChI=1S/C17H14N6O2S/c1-2-22(14-9-18-6-7-19-14)17-21-23-10-13(20-16(23)26-17)11-4-3-5-12(8-11)15(24)25/h3-10H,2H2,1H3,(H,24,25). The van der Waals surface area contributed by atoms with Gasteiger partial charge in [0.05, 0.1) is 23.7 Å². The summed E-state index contributed by atoms with van der Waals surface area (Å²) in [6.45, 7) is 2.71. The summed E-state index contributed by atoms with van der Waals surface area (Å²) in [5.41, 5.74) is 1.65. The average molecular weight is 366 g/mol. The molecule has 0 aliphatic rings. The molecule has 0 atom stereocenters. The number of aromatic nitrogens is 5. The van der Waals surface area contributed by atoms with E-state index in [0.29, 0.717) is 12.2 Å². The number of carboxylic acids is 1. The van der Waals surface area contributed by atoms with Gasteiger partial charge in [0.15, 0.2) is 5.82 Å². The van der Waals surface area contributed by atoms with Crippen LogP contribution in [0.15, 0.2) is 49.1 Å². The summed E-state index contributed by atoms with van der Waals surface area (Å²) in [5.74, 6) is -0.239. The molecule has 0 fully saturated rings. The minimum absolute atomic E-state index is 0.229. The van der Waals surface area contributed by atoms with Crippen LogP contribution in [-0.4, -0.2) is 42.2 Å². The molecule has 4 rings (SSSR count). The Morgan fingerprint density at radius 2 is 2.23 bits per heavy atom. The Bertz CT molecular complexity index is 1040. The lowest BCUT2D eigenvalue weighted by molar-refractivity contribution is 0.0697. The van der Waals surface area contributed by atoms with Crippen molar-refractivity contribution in [2.45, 2.75) is 6.92 Å². The van der Waals surface area contributed by atoms with Crippen molar-refractivity contribution in [3.63, 3.8) is 0 Å². The lowest BCUT2D eigenvalue weighted by atomic mass is 10.1. The van der Waals surface area contributed by atoms with Crippen LogP contribution in [-0.2, 0) is 0 Å². The lowest BCUT2D eigenvalue weighted by Gasteiger charge is -2.16. The van der Waals surface area contributed by atoms with Gasteiger partial charge in [-0.25, -0.2) is 19.3 Å². The van der Waals surface area contributed by atoms with Gasteiger partial charge in [-0.15, -0.1) is 5.10 Å². The minimum atomic E-state index is -0.962. The Hall–Kier alpha value is -3.33. The highest BCUT2D eigenvalue weighted by Gasteiger charge is 2.16. The maximum atomic E-state index is 11.1. The summed E-state index contributed by atoms with van der Waals surface area (Å²) in [6.07, 6.45) is 6.76. The first-order chi connectivity index (χ1) is 12.7. The summed E-state index contributed by atoms with van der Waals surface area (Å²) in [4.78, 5) is 26.8. The fourth-order valence-corrected chi connectivity index (χ4v) is 3.53. The molecule has 1 N–H and O–H groups in total. The molecule has 26 heavy (non-hydrogen) atoms. The Balaban J connectivity index is 1.69. The first kappa shape index (κ1) is 16.2. The first-order valence-electron chi connectivity index (χ1n) is 7.89.